The number of rotatable bonds is 11. The highest BCUT2D eigenvalue weighted by Gasteiger charge is 2.50. The second-order valence-corrected chi connectivity index (χ2v) is 13.0. The van der Waals surface area contributed by atoms with E-state index >= 15 is 0 Å². The molecule has 3 fully saturated rings. The van der Waals surface area contributed by atoms with Crippen molar-refractivity contribution in [2.45, 2.75) is 61.8 Å². The van der Waals surface area contributed by atoms with Gasteiger partial charge < -0.3 is 10.1 Å². The Morgan fingerprint density at radius 2 is 1.90 bits per heavy atom. The van der Waals surface area contributed by atoms with Crippen LogP contribution in [0.5, 0.6) is 0 Å². The molecule has 2 aromatic rings. The van der Waals surface area contributed by atoms with Crippen LogP contribution in [0.25, 0.3) is 10.4 Å². The Balaban J connectivity index is 1.35. The van der Waals surface area contributed by atoms with Crippen LogP contribution in [0.2, 0.25) is 5.02 Å². The topological polar surface area (TPSA) is 124 Å². The Hall–Kier alpha value is -2.69. The molecule has 2 aliphatic heterocycles. The molecule has 39 heavy (non-hydrogen) atoms. The zero-order chi connectivity index (χ0) is 27.6. The molecule has 1 aliphatic carbocycles. The highest BCUT2D eigenvalue weighted by molar-refractivity contribution is 7.90. The van der Waals surface area contributed by atoms with E-state index in [0.717, 1.165) is 5.56 Å². The van der Waals surface area contributed by atoms with E-state index in [-0.39, 0.29) is 29.3 Å². The Morgan fingerprint density at radius 3 is 2.56 bits per heavy atom. The fourth-order valence-electron chi connectivity index (χ4n) is 5.53. The lowest BCUT2D eigenvalue weighted by atomic mass is 9.76. The van der Waals surface area contributed by atoms with Crippen molar-refractivity contribution in [3.63, 3.8) is 0 Å². The minimum absolute atomic E-state index is 0.0300. The Morgan fingerprint density at radius 1 is 1.18 bits per heavy atom. The van der Waals surface area contributed by atoms with Gasteiger partial charge in [0, 0.05) is 52.9 Å². The number of nitrogens with zero attached hydrogens (tertiary/aromatic N) is 4. The highest BCUT2D eigenvalue weighted by Crippen LogP contribution is 2.39. The lowest BCUT2D eigenvalue weighted by Crippen LogP contribution is -2.37. The first-order valence-electron chi connectivity index (χ1n) is 13.3. The number of amides is 1. The second kappa shape index (κ2) is 11.8. The van der Waals surface area contributed by atoms with Gasteiger partial charge in [-0.3, -0.25) is 4.79 Å². The van der Waals surface area contributed by atoms with Gasteiger partial charge in [-0.2, -0.15) is 4.31 Å². The number of ether oxygens (including phenoxy) is 1. The summed E-state index contributed by atoms with van der Waals surface area (Å²) in [7, 11) is -3.25. The van der Waals surface area contributed by atoms with Crippen molar-refractivity contribution < 1.29 is 22.3 Å². The van der Waals surface area contributed by atoms with Crippen molar-refractivity contribution in [2.75, 3.05) is 25.1 Å². The number of nitrogens with one attached hydrogen (secondary N) is 1. The van der Waals surface area contributed by atoms with Gasteiger partial charge >= 0.3 is 0 Å². The molecule has 208 valence electrons. The number of hydrogen-bond acceptors (Lipinski definition) is 5. The molecule has 0 aromatic heterocycles. The van der Waals surface area contributed by atoms with Crippen LogP contribution in [0.15, 0.2) is 47.6 Å². The molecule has 4 atom stereocenters. The summed E-state index contributed by atoms with van der Waals surface area (Å²) in [6.07, 6.45) is 3.51. The minimum atomic E-state index is -3.25. The number of benzene rings is 2. The first-order valence-corrected chi connectivity index (χ1v) is 15.1. The van der Waals surface area contributed by atoms with Gasteiger partial charge in [0.1, 0.15) is 11.9 Å². The summed E-state index contributed by atoms with van der Waals surface area (Å²) in [4.78, 5) is 16.6. The molecule has 1 amide bonds. The third-order valence-electron chi connectivity index (χ3n) is 7.85. The number of carbonyl (C=O) groups is 1. The van der Waals surface area contributed by atoms with E-state index in [1.165, 1.54) is 16.4 Å². The van der Waals surface area contributed by atoms with Crippen molar-refractivity contribution in [2.24, 2.45) is 11.0 Å². The molecule has 3 aliphatic rings. The summed E-state index contributed by atoms with van der Waals surface area (Å²) in [5.74, 6) is -1.41. The average molecular weight is 576 g/mol. The summed E-state index contributed by atoms with van der Waals surface area (Å²) in [5.41, 5.74) is 10.8. The maximum atomic E-state index is 15.0. The van der Waals surface area contributed by atoms with Crippen LogP contribution in [0.4, 0.5) is 10.1 Å². The zero-order valence-electron chi connectivity index (χ0n) is 21.4. The molecule has 12 heteroatoms. The third kappa shape index (κ3) is 6.39. The van der Waals surface area contributed by atoms with Crippen LogP contribution in [-0.2, 0) is 26.0 Å². The summed E-state index contributed by atoms with van der Waals surface area (Å²) in [6.45, 7) is 1.53. The van der Waals surface area contributed by atoms with Gasteiger partial charge in [0.05, 0.1) is 5.25 Å². The molecule has 2 unspecified atom stereocenters. The summed E-state index contributed by atoms with van der Waals surface area (Å²) < 4.78 is 46.9. The number of azide groups is 1. The molecule has 1 saturated carbocycles. The van der Waals surface area contributed by atoms with Crippen LogP contribution in [0.3, 0.4) is 0 Å². The van der Waals surface area contributed by atoms with Crippen molar-refractivity contribution >= 4 is 33.2 Å². The molecule has 9 nitrogen and oxygen atoms in total. The van der Waals surface area contributed by atoms with E-state index in [4.69, 9.17) is 16.3 Å². The van der Waals surface area contributed by atoms with Crippen molar-refractivity contribution in [3.05, 3.63) is 74.9 Å². The standard InChI is InChI=1S/C27H31ClFN5O4S/c28-19-6-4-17(5-7-19)25(18-12-14-38-15-13-18)26(32-33-30)27(35)31-24-3-1-2-23(29)22(24)11-8-20-16-34(20)39(36,37)21-9-10-21/h1-7,18,20-21,25-26H,8-16H2,(H,31,35)/t20?,25-,26+,34?/m0/s1. The fraction of sp³-hybridized carbons (Fsp3) is 0.519. The SMILES string of the molecule is [N-]=[N+]=N[C@@H](C(=O)Nc1cccc(F)c1CCC1CN1S(=O)(=O)C1CC1)[C@@H](c1ccc(Cl)cc1)C1CCOCC1. The number of anilines is 1. The molecule has 1 N–H and O–H groups in total. The van der Waals surface area contributed by atoms with E-state index in [2.05, 4.69) is 15.3 Å². The molecule has 0 bridgehead atoms. The lowest BCUT2D eigenvalue weighted by Gasteiger charge is -2.34. The minimum Gasteiger partial charge on any atom is -0.381 e. The van der Waals surface area contributed by atoms with Gasteiger partial charge in [0.25, 0.3) is 0 Å². The van der Waals surface area contributed by atoms with Crippen LogP contribution in [-0.4, -0.2) is 55.7 Å². The molecule has 2 heterocycles. The molecular weight excluding hydrogens is 545 g/mol. The average Bonchev–Trinajstić information content (AvgIpc) is 3.84. The summed E-state index contributed by atoms with van der Waals surface area (Å²) in [6, 6.07) is 10.3. The fourth-order valence-corrected chi connectivity index (χ4v) is 7.67. The summed E-state index contributed by atoms with van der Waals surface area (Å²) in [5, 5.41) is 7.02. The molecule has 0 radical (unpaired) electrons. The van der Waals surface area contributed by atoms with Crippen LogP contribution < -0.4 is 5.32 Å². The predicted molar refractivity (Wildman–Crippen MR) is 146 cm³/mol. The van der Waals surface area contributed by atoms with E-state index < -0.39 is 33.7 Å². The van der Waals surface area contributed by atoms with E-state index in [1.807, 2.05) is 12.1 Å². The van der Waals surface area contributed by atoms with E-state index in [9.17, 15) is 23.1 Å². The maximum Gasteiger partial charge on any atom is 0.234 e. The molecule has 2 aromatic carbocycles. The Bertz CT molecular complexity index is 1360. The van der Waals surface area contributed by atoms with Crippen LogP contribution in [0, 0.1) is 11.7 Å². The van der Waals surface area contributed by atoms with Gasteiger partial charge in [-0.25, -0.2) is 12.8 Å². The summed E-state index contributed by atoms with van der Waals surface area (Å²) >= 11 is 6.10. The highest BCUT2D eigenvalue weighted by atomic mass is 35.5. The van der Waals surface area contributed by atoms with Crippen molar-refractivity contribution in [3.8, 4) is 0 Å². The van der Waals surface area contributed by atoms with E-state index in [1.54, 1.807) is 18.2 Å². The largest absolute Gasteiger partial charge is 0.381 e. The van der Waals surface area contributed by atoms with E-state index in [0.29, 0.717) is 62.4 Å². The van der Waals surface area contributed by atoms with Crippen LogP contribution >= 0.6 is 11.6 Å². The zero-order valence-corrected chi connectivity index (χ0v) is 23.0. The van der Waals surface area contributed by atoms with Gasteiger partial charge in [-0.1, -0.05) is 34.9 Å². The Kier molecular flexibility index (Phi) is 8.44. The van der Waals surface area contributed by atoms with Crippen LogP contribution in [0.1, 0.15) is 49.1 Å². The third-order valence-corrected chi connectivity index (χ3v) is 10.5. The van der Waals surface area contributed by atoms with Gasteiger partial charge in [-0.05, 0) is 79.8 Å². The number of carbonyl (C=O) groups excluding carboxylic acids is 1. The van der Waals surface area contributed by atoms with Gasteiger partial charge in [0.15, 0.2) is 0 Å². The Labute approximate surface area is 232 Å². The van der Waals surface area contributed by atoms with Crippen molar-refractivity contribution in [1.82, 2.24) is 4.31 Å². The molecule has 5 rings (SSSR count). The number of halogens is 2. The van der Waals surface area contributed by atoms with Crippen molar-refractivity contribution in [1.29, 1.82) is 0 Å². The first kappa shape index (κ1) is 27.9. The molecule has 2 saturated heterocycles. The maximum absolute atomic E-state index is 15.0. The smallest absolute Gasteiger partial charge is 0.234 e. The normalized spacial score (nSPS) is 22.9. The molecular formula is C27H31ClFN5O4S. The molecule has 0 spiro atoms. The first-order chi connectivity index (χ1) is 18.8. The quantitative estimate of drug-likeness (QED) is 0.166. The predicted octanol–water partition coefficient (Wildman–Crippen LogP) is 5.42. The van der Waals surface area contributed by atoms with Gasteiger partial charge in [-0.15, -0.1) is 0 Å². The second-order valence-electron chi connectivity index (χ2n) is 10.4. The lowest BCUT2D eigenvalue weighted by molar-refractivity contribution is -0.118. The monoisotopic (exact) mass is 575 g/mol. The number of sulfonamides is 1. The van der Waals surface area contributed by atoms with Gasteiger partial charge in [0.2, 0.25) is 15.9 Å². The number of hydrogen-bond donors (Lipinski definition) is 1.